The number of aromatic hydroxyl groups is 1. The number of halogens is 1. The molecule has 0 unspecified atom stereocenters. The minimum absolute atomic E-state index is 0.106. The maximum Gasteiger partial charge on any atom is 0.291 e. The number of hydrogen-bond acceptors (Lipinski definition) is 6. The molecule has 0 aliphatic heterocycles. The molecular weight excluding hydrogens is 430 g/mol. The summed E-state index contributed by atoms with van der Waals surface area (Å²) >= 11 is 3.40. The first-order valence-corrected chi connectivity index (χ1v) is 8.80. The molecule has 3 aromatic rings. The molecule has 10 heteroatoms. The molecule has 2 N–H and O–H groups in total. The highest BCUT2D eigenvalue weighted by Gasteiger charge is 2.11. The topological polar surface area (TPSA) is 123 Å². The molecule has 0 fully saturated rings. The van der Waals surface area contributed by atoms with Crippen LogP contribution in [-0.4, -0.2) is 31.9 Å². The number of nitro groups is 1. The van der Waals surface area contributed by atoms with Crippen LogP contribution in [0.2, 0.25) is 0 Å². The van der Waals surface area contributed by atoms with Gasteiger partial charge in [0.15, 0.2) is 5.69 Å². The first-order chi connectivity index (χ1) is 13.4. The minimum Gasteiger partial charge on any atom is -0.507 e. The van der Waals surface area contributed by atoms with Crippen molar-refractivity contribution in [2.24, 2.45) is 5.10 Å². The maximum absolute atomic E-state index is 12.1. The molecule has 0 aliphatic rings. The molecule has 0 aliphatic carbocycles. The molecule has 0 atom stereocenters. The molecule has 9 nitrogen and oxygen atoms in total. The number of phenols is 1. The van der Waals surface area contributed by atoms with Crippen LogP contribution in [0.5, 0.6) is 5.75 Å². The summed E-state index contributed by atoms with van der Waals surface area (Å²) in [5.41, 5.74) is 3.36. The quantitative estimate of drug-likeness (QED) is 0.344. The van der Waals surface area contributed by atoms with Crippen LogP contribution in [0.15, 0.2) is 64.3 Å². The second-order valence-electron chi connectivity index (χ2n) is 5.73. The first kappa shape index (κ1) is 19.2. The lowest BCUT2D eigenvalue weighted by Gasteiger charge is -2.02. The largest absolute Gasteiger partial charge is 0.507 e. The van der Waals surface area contributed by atoms with Crippen LogP contribution in [-0.2, 0) is 6.54 Å². The lowest BCUT2D eigenvalue weighted by molar-refractivity contribution is -0.384. The average molecular weight is 444 g/mol. The number of hydrazone groups is 1. The number of non-ortho nitro benzene ring substituents is 1. The normalized spacial score (nSPS) is 10.9. The fourth-order valence-corrected chi connectivity index (χ4v) is 2.82. The molecule has 142 valence electrons. The lowest BCUT2D eigenvalue weighted by Crippen LogP contribution is -2.18. The molecular formula is C18H14BrN5O4. The van der Waals surface area contributed by atoms with Crippen LogP contribution in [0.1, 0.15) is 21.6 Å². The van der Waals surface area contributed by atoms with Crippen LogP contribution >= 0.6 is 15.9 Å². The summed E-state index contributed by atoms with van der Waals surface area (Å²) in [4.78, 5) is 22.3. The summed E-state index contributed by atoms with van der Waals surface area (Å²) in [7, 11) is 0. The van der Waals surface area contributed by atoms with Gasteiger partial charge in [-0.3, -0.25) is 19.6 Å². The molecule has 28 heavy (non-hydrogen) atoms. The van der Waals surface area contributed by atoms with E-state index in [0.717, 1.165) is 22.3 Å². The van der Waals surface area contributed by atoms with Gasteiger partial charge >= 0.3 is 0 Å². The monoisotopic (exact) mass is 443 g/mol. The van der Waals surface area contributed by atoms with E-state index in [-0.39, 0.29) is 22.7 Å². The van der Waals surface area contributed by atoms with E-state index in [1.165, 1.54) is 12.1 Å². The Morgan fingerprint density at radius 1 is 1.32 bits per heavy atom. The van der Waals surface area contributed by atoms with Gasteiger partial charge in [-0.1, -0.05) is 28.1 Å². The third-order valence-electron chi connectivity index (χ3n) is 3.70. The van der Waals surface area contributed by atoms with Crippen molar-refractivity contribution in [3.8, 4) is 5.75 Å². The lowest BCUT2D eigenvalue weighted by atomic mass is 10.2. The van der Waals surface area contributed by atoms with E-state index in [0.29, 0.717) is 6.54 Å². The SMILES string of the molecule is O=C(N/N=C/c1cc([N+](=O)[O-])ccc1O)c1ccn(Cc2cccc(Br)c2)n1. The smallest absolute Gasteiger partial charge is 0.291 e. The van der Waals surface area contributed by atoms with Crippen LogP contribution < -0.4 is 5.43 Å². The molecule has 0 radical (unpaired) electrons. The van der Waals surface area contributed by atoms with Crippen LogP contribution in [0.4, 0.5) is 5.69 Å². The summed E-state index contributed by atoms with van der Waals surface area (Å²) in [5, 5.41) is 28.4. The number of carbonyl (C=O) groups excluding carboxylic acids is 1. The Kier molecular flexibility index (Phi) is 5.80. The number of nitro benzene ring substituents is 1. The highest BCUT2D eigenvalue weighted by Crippen LogP contribution is 2.21. The fourth-order valence-electron chi connectivity index (χ4n) is 2.37. The Morgan fingerprint density at radius 2 is 2.14 bits per heavy atom. The van der Waals surface area contributed by atoms with Gasteiger partial charge in [0.2, 0.25) is 0 Å². The van der Waals surface area contributed by atoms with Gasteiger partial charge in [-0.05, 0) is 29.8 Å². The van der Waals surface area contributed by atoms with Gasteiger partial charge < -0.3 is 5.11 Å². The van der Waals surface area contributed by atoms with Gasteiger partial charge in [0.25, 0.3) is 11.6 Å². The zero-order valence-corrected chi connectivity index (χ0v) is 15.9. The number of benzene rings is 2. The van der Waals surface area contributed by atoms with E-state index < -0.39 is 10.8 Å². The Hall–Kier alpha value is -3.53. The molecule has 2 aromatic carbocycles. The Balaban J connectivity index is 1.64. The highest BCUT2D eigenvalue weighted by atomic mass is 79.9. The molecule has 0 spiro atoms. The van der Waals surface area contributed by atoms with E-state index in [1.54, 1.807) is 16.9 Å². The average Bonchev–Trinajstić information content (AvgIpc) is 3.11. The first-order valence-electron chi connectivity index (χ1n) is 8.01. The third-order valence-corrected chi connectivity index (χ3v) is 4.19. The van der Waals surface area contributed by atoms with E-state index in [9.17, 15) is 20.0 Å². The van der Waals surface area contributed by atoms with Crippen LogP contribution in [0.25, 0.3) is 0 Å². The predicted molar refractivity (Wildman–Crippen MR) is 105 cm³/mol. The van der Waals surface area contributed by atoms with Gasteiger partial charge in [0, 0.05) is 28.4 Å². The summed E-state index contributed by atoms with van der Waals surface area (Å²) in [6, 6.07) is 12.8. The van der Waals surface area contributed by atoms with Crippen molar-refractivity contribution in [2.45, 2.75) is 6.54 Å². The molecule has 1 amide bonds. The van der Waals surface area contributed by atoms with Crippen molar-refractivity contribution in [2.75, 3.05) is 0 Å². The number of amides is 1. The van der Waals surface area contributed by atoms with Gasteiger partial charge in [-0.15, -0.1) is 0 Å². The molecule has 1 aromatic heterocycles. The van der Waals surface area contributed by atoms with Gasteiger partial charge in [-0.2, -0.15) is 10.2 Å². The number of aromatic nitrogens is 2. The van der Waals surface area contributed by atoms with E-state index in [1.807, 2.05) is 24.3 Å². The molecule has 0 saturated heterocycles. The summed E-state index contributed by atoms with van der Waals surface area (Å²) < 4.78 is 2.57. The van der Waals surface area contributed by atoms with Crippen molar-refractivity contribution in [3.05, 3.63) is 86.1 Å². The Morgan fingerprint density at radius 3 is 2.89 bits per heavy atom. The second-order valence-corrected chi connectivity index (χ2v) is 6.64. The van der Waals surface area contributed by atoms with E-state index in [2.05, 4.69) is 31.6 Å². The number of carbonyl (C=O) groups is 1. The third kappa shape index (κ3) is 4.80. The van der Waals surface area contributed by atoms with Crippen LogP contribution in [0, 0.1) is 10.1 Å². The molecule has 0 bridgehead atoms. The summed E-state index contributed by atoms with van der Waals surface area (Å²) in [5.74, 6) is -0.740. The molecule has 0 saturated carbocycles. The second kappa shape index (κ2) is 8.44. The van der Waals surface area contributed by atoms with Crippen molar-refractivity contribution >= 4 is 33.7 Å². The van der Waals surface area contributed by atoms with Crippen LogP contribution in [0.3, 0.4) is 0 Å². The summed E-state index contributed by atoms with van der Waals surface area (Å²) in [6.07, 6.45) is 2.80. The minimum atomic E-state index is -0.590. The van der Waals surface area contributed by atoms with Crippen molar-refractivity contribution in [1.29, 1.82) is 0 Å². The fraction of sp³-hybridized carbons (Fsp3) is 0.0556. The number of rotatable bonds is 6. The standard InChI is InChI=1S/C18H14BrN5O4/c19-14-3-1-2-12(8-14)11-23-7-6-16(22-23)18(26)21-20-10-13-9-15(24(27)28)4-5-17(13)25/h1-10,25H,11H2,(H,21,26)/b20-10+. The Labute approximate surface area is 167 Å². The van der Waals surface area contributed by atoms with E-state index in [4.69, 9.17) is 0 Å². The zero-order chi connectivity index (χ0) is 20.1. The maximum atomic E-state index is 12.1. The molecule has 3 rings (SSSR count). The number of phenolic OH excluding ortho intramolecular Hbond substituents is 1. The number of hydrogen-bond donors (Lipinski definition) is 2. The predicted octanol–water partition coefficient (Wildman–Crippen LogP) is 3.07. The van der Waals surface area contributed by atoms with Gasteiger partial charge in [-0.25, -0.2) is 5.43 Å². The number of nitrogens with zero attached hydrogens (tertiary/aromatic N) is 4. The molecule has 1 heterocycles. The van der Waals surface area contributed by atoms with Crippen molar-refractivity contribution in [1.82, 2.24) is 15.2 Å². The van der Waals surface area contributed by atoms with Crippen molar-refractivity contribution < 1.29 is 14.8 Å². The Bertz CT molecular complexity index is 1060. The van der Waals surface area contributed by atoms with E-state index >= 15 is 0 Å². The van der Waals surface area contributed by atoms with Gasteiger partial charge in [0.05, 0.1) is 17.7 Å². The summed E-state index contributed by atoms with van der Waals surface area (Å²) in [6.45, 7) is 0.498. The number of nitrogens with one attached hydrogen (secondary N) is 1. The zero-order valence-electron chi connectivity index (χ0n) is 14.3. The van der Waals surface area contributed by atoms with Crippen molar-refractivity contribution in [3.63, 3.8) is 0 Å². The van der Waals surface area contributed by atoms with Gasteiger partial charge in [0.1, 0.15) is 5.75 Å². The highest BCUT2D eigenvalue weighted by molar-refractivity contribution is 9.10.